The van der Waals surface area contributed by atoms with E-state index in [2.05, 4.69) is 5.16 Å². The molecule has 1 aliphatic rings. The molecule has 0 fully saturated rings. The number of nitrogens with zero attached hydrogens (tertiary/aromatic N) is 2. The van der Waals surface area contributed by atoms with Gasteiger partial charge in [-0.1, -0.05) is 66.0 Å². The summed E-state index contributed by atoms with van der Waals surface area (Å²) in [6.07, 6.45) is 1.87. The van der Waals surface area contributed by atoms with Crippen molar-refractivity contribution in [3.05, 3.63) is 63.6 Å². The fraction of sp³-hybridized carbons (Fsp3) is 0.250. The quantitative estimate of drug-likeness (QED) is 0.503. The molecular weight excluding hydrogens is 387 g/mol. The van der Waals surface area contributed by atoms with Crippen LogP contribution in [0.25, 0.3) is 0 Å². The Morgan fingerprint density at radius 1 is 1.19 bits per heavy atom. The van der Waals surface area contributed by atoms with Gasteiger partial charge in [0.15, 0.2) is 5.71 Å². The fourth-order valence-electron chi connectivity index (χ4n) is 2.79. The minimum Gasteiger partial charge on any atom is -0.317 e. The van der Waals surface area contributed by atoms with E-state index < -0.39 is 5.97 Å². The Kier molecular flexibility index (Phi) is 6.14. The lowest BCUT2D eigenvalue weighted by Gasteiger charge is -2.17. The predicted molar refractivity (Wildman–Crippen MR) is 106 cm³/mol. The number of benzene rings is 2. The fourth-order valence-corrected chi connectivity index (χ4v) is 3.26. The number of amides is 1. The molecule has 3 rings (SSSR count). The zero-order valence-electron chi connectivity index (χ0n) is 14.7. The van der Waals surface area contributed by atoms with Crippen LogP contribution in [0, 0.1) is 0 Å². The van der Waals surface area contributed by atoms with Crippen LogP contribution in [0.3, 0.4) is 0 Å². The van der Waals surface area contributed by atoms with Gasteiger partial charge in [-0.05, 0) is 30.2 Å². The molecule has 2 aromatic carbocycles. The van der Waals surface area contributed by atoms with Crippen molar-refractivity contribution in [3.63, 3.8) is 0 Å². The summed E-state index contributed by atoms with van der Waals surface area (Å²) in [4.78, 5) is 31.2. The monoisotopic (exact) mass is 404 g/mol. The molecule has 7 heteroatoms. The van der Waals surface area contributed by atoms with Crippen LogP contribution in [0.1, 0.15) is 37.3 Å². The summed E-state index contributed by atoms with van der Waals surface area (Å²) in [5.74, 6) is -0.792. The normalized spacial score (nSPS) is 14.6. The van der Waals surface area contributed by atoms with Crippen LogP contribution in [0.5, 0.6) is 0 Å². The van der Waals surface area contributed by atoms with E-state index >= 15 is 0 Å². The van der Waals surface area contributed by atoms with Gasteiger partial charge >= 0.3 is 5.97 Å². The summed E-state index contributed by atoms with van der Waals surface area (Å²) >= 11 is 12.2. The highest BCUT2D eigenvalue weighted by atomic mass is 35.5. The van der Waals surface area contributed by atoms with Crippen molar-refractivity contribution in [2.75, 3.05) is 4.90 Å². The second-order valence-electron chi connectivity index (χ2n) is 6.15. The van der Waals surface area contributed by atoms with Crippen molar-refractivity contribution in [2.24, 2.45) is 5.16 Å². The van der Waals surface area contributed by atoms with Crippen LogP contribution >= 0.6 is 23.2 Å². The summed E-state index contributed by atoms with van der Waals surface area (Å²) < 4.78 is 0. The van der Waals surface area contributed by atoms with Gasteiger partial charge in [0.2, 0.25) is 0 Å². The first-order chi connectivity index (χ1) is 13.0. The lowest BCUT2D eigenvalue weighted by atomic mass is 10.1. The Morgan fingerprint density at radius 2 is 1.96 bits per heavy atom. The van der Waals surface area contributed by atoms with Gasteiger partial charge in [-0.15, -0.1) is 0 Å². The highest BCUT2D eigenvalue weighted by Gasteiger charge is 2.35. The number of halogens is 2. The number of carbonyl (C=O) groups is 2. The minimum atomic E-state index is -0.450. The molecule has 5 nitrogen and oxygen atoms in total. The van der Waals surface area contributed by atoms with Crippen molar-refractivity contribution in [1.82, 2.24) is 0 Å². The highest BCUT2D eigenvalue weighted by Crippen LogP contribution is 2.32. The van der Waals surface area contributed by atoms with Gasteiger partial charge < -0.3 is 9.74 Å². The average molecular weight is 405 g/mol. The van der Waals surface area contributed by atoms with Crippen molar-refractivity contribution in [1.29, 1.82) is 0 Å². The SMILES string of the molecule is CCCCC(=O)O/N=C1\C(=O)N(Cc2ccc(Cl)cc2Cl)c2ccccc21. The van der Waals surface area contributed by atoms with Gasteiger partial charge in [0, 0.05) is 22.0 Å². The third-order valence-corrected chi connectivity index (χ3v) is 4.80. The molecule has 0 saturated carbocycles. The largest absolute Gasteiger partial charge is 0.335 e. The van der Waals surface area contributed by atoms with Crippen LogP contribution in [-0.2, 0) is 21.0 Å². The number of unbranched alkanes of at least 4 members (excludes halogenated alkanes) is 1. The second-order valence-corrected chi connectivity index (χ2v) is 6.99. The van der Waals surface area contributed by atoms with Gasteiger partial charge in [-0.2, -0.15) is 0 Å². The maximum Gasteiger partial charge on any atom is 0.335 e. The number of anilines is 1. The van der Waals surface area contributed by atoms with E-state index in [-0.39, 0.29) is 24.6 Å². The predicted octanol–water partition coefficient (Wildman–Crippen LogP) is 4.98. The Bertz CT molecular complexity index is 912. The summed E-state index contributed by atoms with van der Waals surface area (Å²) in [6, 6.07) is 12.4. The third kappa shape index (κ3) is 4.31. The first kappa shape index (κ1) is 19.4. The standard InChI is InChI=1S/C20H18Cl2N2O3/c1-2-3-8-18(25)27-23-19-15-6-4-5-7-17(15)24(20(19)26)12-13-9-10-14(21)11-16(13)22/h4-7,9-11H,2-3,8,12H2,1H3/b23-19-. The Morgan fingerprint density at radius 3 is 2.70 bits per heavy atom. The zero-order valence-corrected chi connectivity index (χ0v) is 16.3. The first-order valence-corrected chi connectivity index (χ1v) is 9.40. The molecule has 1 aliphatic heterocycles. The van der Waals surface area contributed by atoms with Crippen molar-refractivity contribution in [3.8, 4) is 0 Å². The number of carbonyl (C=O) groups excluding carboxylic acids is 2. The van der Waals surface area contributed by atoms with E-state index in [1.165, 1.54) is 0 Å². The summed E-state index contributed by atoms with van der Waals surface area (Å²) in [7, 11) is 0. The summed E-state index contributed by atoms with van der Waals surface area (Å²) in [6.45, 7) is 2.24. The number of rotatable bonds is 6. The van der Waals surface area contributed by atoms with Crippen molar-refractivity contribution >= 4 is 46.5 Å². The van der Waals surface area contributed by atoms with Gasteiger partial charge in [0.25, 0.3) is 5.91 Å². The minimum absolute atomic E-state index is 0.112. The third-order valence-electron chi connectivity index (χ3n) is 4.21. The molecule has 0 radical (unpaired) electrons. The Labute approximate surface area is 167 Å². The number of fused-ring (bicyclic) bond motifs is 1. The summed E-state index contributed by atoms with van der Waals surface area (Å²) in [5, 5.41) is 4.85. The van der Waals surface area contributed by atoms with Gasteiger partial charge in [-0.3, -0.25) is 4.79 Å². The Hall–Kier alpha value is -2.37. The molecule has 140 valence electrons. The van der Waals surface area contributed by atoms with Crippen molar-refractivity contribution in [2.45, 2.75) is 32.7 Å². The molecule has 0 bridgehead atoms. The number of hydrogen-bond acceptors (Lipinski definition) is 4. The lowest BCUT2D eigenvalue weighted by molar-refractivity contribution is -0.143. The molecule has 1 heterocycles. The number of oxime groups is 1. The van der Waals surface area contributed by atoms with Gasteiger partial charge in [-0.25, -0.2) is 4.79 Å². The first-order valence-electron chi connectivity index (χ1n) is 8.64. The van der Waals surface area contributed by atoms with Crippen LogP contribution in [-0.4, -0.2) is 17.6 Å². The molecule has 0 aliphatic carbocycles. The molecule has 27 heavy (non-hydrogen) atoms. The van der Waals surface area contributed by atoms with Crippen LogP contribution < -0.4 is 4.90 Å². The van der Waals surface area contributed by atoms with Crippen LogP contribution in [0.4, 0.5) is 5.69 Å². The maximum atomic E-state index is 12.9. The van der Waals surface area contributed by atoms with E-state index in [4.69, 9.17) is 28.0 Å². The average Bonchev–Trinajstić information content (AvgIpc) is 2.92. The highest BCUT2D eigenvalue weighted by molar-refractivity contribution is 6.54. The molecule has 0 saturated heterocycles. The van der Waals surface area contributed by atoms with E-state index in [0.717, 1.165) is 18.4 Å². The van der Waals surface area contributed by atoms with Gasteiger partial charge in [0.1, 0.15) is 0 Å². The number of hydrogen-bond donors (Lipinski definition) is 0. The van der Waals surface area contributed by atoms with E-state index in [9.17, 15) is 9.59 Å². The molecular formula is C20H18Cl2N2O3. The smallest absolute Gasteiger partial charge is 0.317 e. The molecule has 0 aromatic heterocycles. The van der Waals surface area contributed by atoms with E-state index in [1.54, 1.807) is 35.2 Å². The molecule has 0 N–H and O–H groups in total. The van der Waals surface area contributed by atoms with Crippen LogP contribution in [0.2, 0.25) is 10.0 Å². The topological polar surface area (TPSA) is 59.0 Å². The maximum absolute atomic E-state index is 12.9. The second kappa shape index (κ2) is 8.55. The van der Waals surface area contributed by atoms with E-state index in [0.29, 0.717) is 21.3 Å². The van der Waals surface area contributed by atoms with Crippen molar-refractivity contribution < 1.29 is 14.4 Å². The molecule has 1 amide bonds. The van der Waals surface area contributed by atoms with Crippen LogP contribution in [0.15, 0.2) is 47.6 Å². The molecule has 2 aromatic rings. The lowest BCUT2D eigenvalue weighted by Crippen LogP contribution is -2.30. The zero-order chi connectivity index (χ0) is 19.4. The van der Waals surface area contributed by atoms with E-state index in [1.807, 2.05) is 19.1 Å². The summed E-state index contributed by atoms with van der Waals surface area (Å²) in [5.41, 5.74) is 2.18. The molecule has 0 spiro atoms. The molecule has 0 atom stereocenters. The number of para-hydroxylation sites is 1. The van der Waals surface area contributed by atoms with Gasteiger partial charge in [0.05, 0.1) is 12.2 Å². The Balaban J connectivity index is 1.87. The molecule has 0 unspecified atom stereocenters.